The van der Waals surface area contributed by atoms with Crippen LogP contribution in [-0.4, -0.2) is 43.5 Å². The van der Waals surface area contributed by atoms with E-state index in [9.17, 15) is 4.79 Å². The number of Topliss-reactive ketones (excluding diaryl/α,β-unsaturated/α-hetero) is 1. The van der Waals surface area contributed by atoms with Gasteiger partial charge in [0.05, 0.1) is 19.8 Å². The Morgan fingerprint density at radius 1 is 1.44 bits per heavy atom. The first-order chi connectivity index (χ1) is 7.66. The van der Waals surface area contributed by atoms with Crippen molar-refractivity contribution in [3.63, 3.8) is 0 Å². The average molecular weight is 239 g/mol. The zero-order valence-electron chi connectivity index (χ0n) is 9.78. The van der Waals surface area contributed by atoms with Crippen LogP contribution in [0, 0.1) is 13.8 Å². The quantitative estimate of drug-likeness (QED) is 0.754. The molecular weight excluding hydrogens is 222 g/mol. The molecule has 0 aromatic carbocycles. The topological polar surface area (TPSA) is 29.5 Å². The molecule has 2 rings (SSSR count). The predicted octanol–water partition coefficient (Wildman–Crippen LogP) is 1.88. The van der Waals surface area contributed by atoms with Gasteiger partial charge in [-0.05, 0) is 19.9 Å². The standard InChI is InChI=1S/C12H17NO2S/c1-9-7-11(10(2)16-9)12(14)8-13-3-5-15-6-4-13/h7H,3-6,8H2,1-2H3. The van der Waals surface area contributed by atoms with Crippen LogP contribution >= 0.6 is 11.3 Å². The van der Waals surface area contributed by atoms with Gasteiger partial charge in [0.15, 0.2) is 5.78 Å². The molecule has 88 valence electrons. The van der Waals surface area contributed by atoms with Gasteiger partial charge >= 0.3 is 0 Å². The van der Waals surface area contributed by atoms with E-state index in [1.54, 1.807) is 11.3 Å². The molecule has 0 amide bonds. The number of hydrogen-bond acceptors (Lipinski definition) is 4. The van der Waals surface area contributed by atoms with Gasteiger partial charge in [-0.1, -0.05) is 0 Å². The second-order valence-corrected chi connectivity index (χ2v) is 5.60. The van der Waals surface area contributed by atoms with Crippen LogP contribution in [0.4, 0.5) is 0 Å². The summed E-state index contributed by atoms with van der Waals surface area (Å²) in [7, 11) is 0. The van der Waals surface area contributed by atoms with Crippen molar-refractivity contribution in [1.29, 1.82) is 0 Å². The van der Waals surface area contributed by atoms with Gasteiger partial charge < -0.3 is 4.74 Å². The van der Waals surface area contributed by atoms with Crippen LogP contribution in [0.1, 0.15) is 20.1 Å². The van der Waals surface area contributed by atoms with E-state index in [0.29, 0.717) is 6.54 Å². The number of hydrogen-bond donors (Lipinski definition) is 0. The molecule has 1 aromatic rings. The fraction of sp³-hybridized carbons (Fsp3) is 0.583. The van der Waals surface area contributed by atoms with Crippen molar-refractivity contribution in [1.82, 2.24) is 4.90 Å². The highest BCUT2D eigenvalue weighted by molar-refractivity contribution is 7.12. The van der Waals surface area contributed by atoms with E-state index in [0.717, 1.165) is 36.7 Å². The number of carbonyl (C=O) groups is 1. The molecule has 4 heteroatoms. The lowest BCUT2D eigenvalue weighted by Gasteiger charge is -2.25. The van der Waals surface area contributed by atoms with E-state index in [2.05, 4.69) is 4.90 Å². The third kappa shape index (κ3) is 2.70. The Hall–Kier alpha value is -0.710. The second kappa shape index (κ2) is 5.08. The zero-order valence-corrected chi connectivity index (χ0v) is 10.6. The van der Waals surface area contributed by atoms with Gasteiger partial charge in [-0.15, -0.1) is 11.3 Å². The van der Waals surface area contributed by atoms with E-state index in [1.807, 2.05) is 19.9 Å². The summed E-state index contributed by atoms with van der Waals surface area (Å²) >= 11 is 1.70. The highest BCUT2D eigenvalue weighted by atomic mass is 32.1. The summed E-state index contributed by atoms with van der Waals surface area (Å²) in [6, 6.07) is 2.00. The molecule has 0 bridgehead atoms. The number of morpholine rings is 1. The Bertz CT molecular complexity index is 380. The van der Waals surface area contributed by atoms with Crippen molar-refractivity contribution in [3.05, 3.63) is 21.4 Å². The number of nitrogens with zero attached hydrogens (tertiary/aromatic N) is 1. The van der Waals surface area contributed by atoms with Crippen LogP contribution in [-0.2, 0) is 4.74 Å². The minimum absolute atomic E-state index is 0.240. The predicted molar refractivity (Wildman–Crippen MR) is 65.4 cm³/mol. The van der Waals surface area contributed by atoms with Gasteiger partial charge in [-0.3, -0.25) is 9.69 Å². The van der Waals surface area contributed by atoms with Gasteiger partial charge in [0.1, 0.15) is 0 Å². The maximum atomic E-state index is 12.1. The molecule has 3 nitrogen and oxygen atoms in total. The lowest BCUT2D eigenvalue weighted by molar-refractivity contribution is 0.0371. The number of aryl methyl sites for hydroxylation is 2. The van der Waals surface area contributed by atoms with Crippen molar-refractivity contribution in [2.24, 2.45) is 0 Å². The van der Waals surface area contributed by atoms with Gasteiger partial charge in [-0.25, -0.2) is 0 Å². The normalized spacial score (nSPS) is 17.6. The van der Waals surface area contributed by atoms with Crippen LogP contribution < -0.4 is 0 Å². The van der Waals surface area contributed by atoms with E-state index < -0.39 is 0 Å². The minimum Gasteiger partial charge on any atom is -0.379 e. The number of ketones is 1. The Labute approximate surface area is 100 Å². The Morgan fingerprint density at radius 2 is 2.12 bits per heavy atom. The molecule has 1 saturated heterocycles. The Morgan fingerprint density at radius 3 is 2.69 bits per heavy atom. The summed E-state index contributed by atoms with van der Waals surface area (Å²) in [4.78, 5) is 16.6. The number of ether oxygens (including phenoxy) is 1. The van der Waals surface area contributed by atoms with Crippen LogP contribution in [0.5, 0.6) is 0 Å². The summed E-state index contributed by atoms with van der Waals surface area (Å²) in [6.07, 6.45) is 0. The van der Waals surface area contributed by atoms with E-state index in [1.165, 1.54) is 4.88 Å². The summed E-state index contributed by atoms with van der Waals surface area (Å²) in [6.45, 7) is 7.82. The molecule has 2 heterocycles. The lowest BCUT2D eigenvalue weighted by atomic mass is 10.1. The first kappa shape index (κ1) is 11.8. The molecule has 0 atom stereocenters. The summed E-state index contributed by atoms with van der Waals surface area (Å²) in [5, 5.41) is 0. The molecule has 1 fully saturated rings. The Kier molecular flexibility index (Phi) is 3.74. The number of rotatable bonds is 3. The highest BCUT2D eigenvalue weighted by Gasteiger charge is 2.17. The lowest BCUT2D eigenvalue weighted by Crippen LogP contribution is -2.39. The van der Waals surface area contributed by atoms with Gasteiger partial charge in [0.25, 0.3) is 0 Å². The van der Waals surface area contributed by atoms with Crippen LogP contribution in [0.3, 0.4) is 0 Å². The summed E-state index contributed by atoms with van der Waals surface area (Å²) in [5.74, 6) is 0.240. The molecule has 0 unspecified atom stereocenters. The van der Waals surface area contributed by atoms with Crippen molar-refractivity contribution < 1.29 is 9.53 Å². The third-order valence-corrected chi connectivity index (χ3v) is 3.78. The molecule has 1 aliphatic heterocycles. The van der Waals surface area contributed by atoms with Crippen LogP contribution in [0.15, 0.2) is 6.07 Å². The SMILES string of the molecule is Cc1cc(C(=O)CN2CCOCC2)c(C)s1. The first-order valence-corrected chi connectivity index (χ1v) is 6.39. The third-order valence-electron chi connectivity index (χ3n) is 2.81. The molecule has 0 radical (unpaired) electrons. The summed E-state index contributed by atoms with van der Waals surface area (Å²) < 4.78 is 5.26. The van der Waals surface area contributed by atoms with Gasteiger partial charge in [0.2, 0.25) is 0 Å². The van der Waals surface area contributed by atoms with Crippen molar-refractivity contribution in [2.45, 2.75) is 13.8 Å². The first-order valence-electron chi connectivity index (χ1n) is 5.57. The molecular formula is C12H17NO2S. The molecule has 1 aromatic heterocycles. The maximum Gasteiger partial charge on any atom is 0.177 e. The molecule has 0 saturated carbocycles. The molecule has 16 heavy (non-hydrogen) atoms. The molecule has 0 aliphatic carbocycles. The van der Waals surface area contributed by atoms with Crippen LogP contribution in [0.25, 0.3) is 0 Å². The van der Waals surface area contributed by atoms with Crippen molar-refractivity contribution in [2.75, 3.05) is 32.8 Å². The minimum atomic E-state index is 0.240. The second-order valence-electron chi connectivity index (χ2n) is 4.14. The number of carbonyl (C=O) groups excluding carboxylic acids is 1. The molecule has 0 N–H and O–H groups in total. The van der Waals surface area contributed by atoms with Gasteiger partial charge in [-0.2, -0.15) is 0 Å². The van der Waals surface area contributed by atoms with E-state index in [-0.39, 0.29) is 5.78 Å². The van der Waals surface area contributed by atoms with Crippen LogP contribution in [0.2, 0.25) is 0 Å². The van der Waals surface area contributed by atoms with E-state index in [4.69, 9.17) is 4.74 Å². The number of thiophene rings is 1. The fourth-order valence-corrected chi connectivity index (χ4v) is 2.90. The Balaban J connectivity index is 1.99. The molecule has 0 spiro atoms. The van der Waals surface area contributed by atoms with Crippen molar-refractivity contribution >= 4 is 17.1 Å². The van der Waals surface area contributed by atoms with Crippen molar-refractivity contribution in [3.8, 4) is 0 Å². The summed E-state index contributed by atoms with van der Waals surface area (Å²) in [5.41, 5.74) is 0.897. The van der Waals surface area contributed by atoms with Gasteiger partial charge in [0, 0.05) is 28.4 Å². The smallest absolute Gasteiger partial charge is 0.177 e. The monoisotopic (exact) mass is 239 g/mol. The van der Waals surface area contributed by atoms with E-state index >= 15 is 0 Å². The largest absolute Gasteiger partial charge is 0.379 e. The molecule has 1 aliphatic rings. The average Bonchev–Trinajstić information content (AvgIpc) is 2.59. The highest BCUT2D eigenvalue weighted by Crippen LogP contribution is 2.21. The fourth-order valence-electron chi connectivity index (χ4n) is 1.96. The zero-order chi connectivity index (χ0) is 11.5. The maximum absolute atomic E-state index is 12.1.